The fourth-order valence-corrected chi connectivity index (χ4v) is 4.03. The Morgan fingerprint density at radius 3 is 2.55 bits per heavy atom. The average Bonchev–Trinajstić information content (AvgIpc) is 3.43. The highest BCUT2D eigenvalue weighted by Crippen LogP contribution is 2.26. The van der Waals surface area contributed by atoms with E-state index in [-0.39, 0.29) is 17.7 Å². The number of oxime groups is 1. The number of hydrogen-bond acceptors (Lipinski definition) is 7. The smallest absolute Gasteiger partial charge is 0.273 e. The first-order chi connectivity index (χ1) is 14.0. The van der Waals surface area contributed by atoms with Gasteiger partial charge in [0.25, 0.3) is 11.8 Å². The fraction of sp³-hybridized carbons (Fsp3) is 0.650. The summed E-state index contributed by atoms with van der Waals surface area (Å²) in [7, 11) is 1.74. The van der Waals surface area contributed by atoms with Crippen LogP contribution in [0.2, 0.25) is 0 Å². The van der Waals surface area contributed by atoms with Crippen LogP contribution in [0.25, 0.3) is 0 Å². The number of rotatable bonds is 4. The molecule has 0 aliphatic carbocycles. The van der Waals surface area contributed by atoms with Crippen molar-refractivity contribution in [2.75, 3.05) is 32.0 Å². The lowest BCUT2D eigenvalue weighted by atomic mass is 10.00. The second-order valence-electron chi connectivity index (χ2n) is 8.12. The molecule has 9 nitrogen and oxygen atoms in total. The van der Waals surface area contributed by atoms with E-state index in [1.807, 2.05) is 18.7 Å². The molecule has 1 N–H and O–H groups in total. The van der Waals surface area contributed by atoms with Gasteiger partial charge >= 0.3 is 0 Å². The first-order valence-electron chi connectivity index (χ1n) is 10.4. The number of nitrogens with one attached hydrogen (secondary N) is 1. The van der Waals surface area contributed by atoms with E-state index in [1.54, 1.807) is 11.9 Å². The van der Waals surface area contributed by atoms with Gasteiger partial charge in [-0.1, -0.05) is 19.0 Å². The van der Waals surface area contributed by atoms with Crippen molar-refractivity contribution in [1.29, 1.82) is 0 Å². The average molecular weight is 400 g/mol. The number of carbonyl (C=O) groups excluding carboxylic acids is 2. The lowest BCUT2D eigenvalue weighted by Crippen LogP contribution is -2.43. The molecule has 156 valence electrons. The highest BCUT2D eigenvalue weighted by molar-refractivity contribution is 5.96. The summed E-state index contributed by atoms with van der Waals surface area (Å²) in [4.78, 5) is 44.1. The van der Waals surface area contributed by atoms with Gasteiger partial charge in [-0.2, -0.15) is 0 Å². The van der Waals surface area contributed by atoms with Crippen LogP contribution in [0.4, 0.5) is 5.95 Å². The Morgan fingerprint density at radius 2 is 1.90 bits per heavy atom. The van der Waals surface area contributed by atoms with Crippen LogP contribution in [0.1, 0.15) is 54.9 Å². The molecule has 1 atom stereocenters. The van der Waals surface area contributed by atoms with E-state index in [2.05, 4.69) is 20.4 Å². The summed E-state index contributed by atoms with van der Waals surface area (Å²) in [5.41, 5.74) is 2.91. The van der Waals surface area contributed by atoms with Crippen molar-refractivity contribution >= 4 is 23.5 Å². The van der Waals surface area contributed by atoms with E-state index in [9.17, 15) is 9.59 Å². The van der Waals surface area contributed by atoms with Crippen molar-refractivity contribution in [1.82, 2.24) is 19.8 Å². The minimum absolute atomic E-state index is 0.0745. The van der Waals surface area contributed by atoms with Crippen LogP contribution in [0, 0.1) is 5.92 Å². The molecule has 1 saturated heterocycles. The van der Waals surface area contributed by atoms with E-state index < -0.39 is 6.10 Å². The summed E-state index contributed by atoms with van der Waals surface area (Å²) in [5.74, 6) is 0.537. The molecule has 1 aromatic heterocycles. The number of likely N-dealkylation sites (tertiary alicyclic amines) is 1. The van der Waals surface area contributed by atoms with Gasteiger partial charge in [0.2, 0.25) is 12.1 Å². The lowest BCUT2D eigenvalue weighted by molar-refractivity contribution is -0.143. The van der Waals surface area contributed by atoms with Crippen molar-refractivity contribution in [3.8, 4) is 0 Å². The molecule has 4 rings (SSSR count). The molecule has 0 saturated carbocycles. The van der Waals surface area contributed by atoms with Gasteiger partial charge in [0.1, 0.15) is 5.69 Å². The van der Waals surface area contributed by atoms with Gasteiger partial charge in [0, 0.05) is 51.6 Å². The third-order valence-electron chi connectivity index (χ3n) is 5.83. The highest BCUT2D eigenvalue weighted by atomic mass is 16.6. The SMILES string of the molecule is CNc1nc2c(c(C(=O)N3CCCC3)n1)CN(C(=O)[C@@H]1CC(C(C)C)=NO1)CC2. The Bertz CT molecular complexity index is 847. The number of anilines is 1. The Hall–Kier alpha value is -2.71. The molecular weight excluding hydrogens is 372 g/mol. The first kappa shape index (κ1) is 19.6. The van der Waals surface area contributed by atoms with E-state index in [0.717, 1.165) is 42.9 Å². The van der Waals surface area contributed by atoms with Crippen LogP contribution in [0.3, 0.4) is 0 Å². The normalized spacial score (nSPS) is 21.1. The number of fused-ring (bicyclic) bond motifs is 1. The fourth-order valence-electron chi connectivity index (χ4n) is 4.03. The second-order valence-corrected chi connectivity index (χ2v) is 8.12. The van der Waals surface area contributed by atoms with E-state index in [1.165, 1.54) is 0 Å². The van der Waals surface area contributed by atoms with Gasteiger partial charge in [-0.3, -0.25) is 9.59 Å². The van der Waals surface area contributed by atoms with Gasteiger partial charge in [-0.25, -0.2) is 9.97 Å². The maximum Gasteiger partial charge on any atom is 0.273 e. The first-order valence-corrected chi connectivity index (χ1v) is 10.4. The second kappa shape index (κ2) is 7.96. The van der Waals surface area contributed by atoms with Crippen LogP contribution in [-0.4, -0.2) is 70.1 Å². The maximum absolute atomic E-state index is 13.1. The molecule has 1 aromatic rings. The van der Waals surface area contributed by atoms with Crippen LogP contribution < -0.4 is 5.32 Å². The zero-order valence-corrected chi connectivity index (χ0v) is 17.3. The van der Waals surface area contributed by atoms with Crippen LogP contribution in [0.15, 0.2) is 5.16 Å². The molecule has 0 unspecified atom stereocenters. The quantitative estimate of drug-likeness (QED) is 0.821. The summed E-state index contributed by atoms with van der Waals surface area (Å²) in [6.07, 6.45) is 2.56. The molecular formula is C20H28N6O3. The summed E-state index contributed by atoms with van der Waals surface area (Å²) in [6.45, 7) is 6.45. The molecule has 0 spiro atoms. The molecule has 0 aromatic carbocycles. The van der Waals surface area contributed by atoms with E-state index in [0.29, 0.717) is 37.6 Å². The molecule has 29 heavy (non-hydrogen) atoms. The van der Waals surface area contributed by atoms with E-state index in [4.69, 9.17) is 4.84 Å². The van der Waals surface area contributed by atoms with Crippen molar-refractivity contribution in [2.24, 2.45) is 11.1 Å². The van der Waals surface area contributed by atoms with Crippen molar-refractivity contribution < 1.29 is 14.4 Å². The molecule has 1 fully saturated rings. The van der Waals surface area contributed by atoms with Gasteiger partial charge in [-0.05, 0) is 18.8 Å². The number of aromatic nitrogens is 2. The molecule has 2 amide bonds. The Balaban J connectivity index is 1.56. The van der Waals surface area contributed by atoms with Gasteiger partial charge < -0.3 is 20.0 Å². The number of amides is 2. The monoisotopic (exact) mass is 400 g/mol. The minimum atomic E-state index is -0.579. The Labute approximate surface area is 170 Å². The third kappa shape index (κ3) is 3.77. The van der Waals surface area contributed by atoms with Gasteiger partial charge in [0.15, 0.2) is 0 Å². The third-order valence-corrected chi connectivity index (χ3v) is 5.83. The molecule has 4 heterocycles. The number of nitrogens with zero attached hydrogens (tertiary/aromatic N) is 5. The van der Waals surface area contributed by atoms with Crippen molar-refractivity contribution in [2.45, 2.75) is 52.2 Å². The zero-order valence-electron chi connectivity index (χ0n) is 17.3. The minimum Gasteiger partial charge on any atom is -0.382 e. The predicted octanol–water partition coefficient (Wildman–Crippen LogP) is 1.44. The highest BCUT2D eigenvalue weighted by Gasteiger charge is 2.36. The molecule has 0 bridgehead atoms. The summed E-state index contributed by atoms with van der Waals surface area (Å²) in [6, 6.07) is 0. The number of hydrogen-bond donors (Lipinski definition) is 1. The molecule has 3 aliphatic heterocycles. The van der Waals surface area contributed by atoms with Crippen LogP contribution >= 0.6 is 0 Å². The zero-order chi connectivity index (χ0) is 20.5. The largest absolute Gasteiger partial charge is 0.382 e. The van der Waals surface area contributed by atoms with Gasteiger partial charge in [-0.15, -0.1) is 0 Å². The maximum atomic E-state index is 13.1. The lowest BCUT2D eigenvalue weighted by Gasteiger charge is -2.31. The standard InChI is InChI=1S/C20H28N6O3/c1-12(2)15-10-16(29-24-15)18(27)26-9-6-14-13(11-26)17(23-20(21-3)22-14)19(28)25-7-4-5-8-25/h12,16H,4-11H2,1-3H3,(H,21,22,23)/t16-/m0/s1. The summed E-state index contributed by atoms with van der Waals surface area (Å²) < 4.78 is 0. The van der Waals surface area contributed by atoms with Crippen LogP contribution in [0.5, 0.6) is 0 Å². The van der Waals surface area contributed by atoms with Crippen LogP contribution in [-0.2, 0) is 22.6 Å². The van der Waals surface area contributed by atoms with E-state index >= 15 is 0 Å². The topological polar surface area (TPSA) is 100 Å². The molecule has 9 heteroatoms. The van der Waals surface area contributed by atoms with Gasteiger partial charge in [0.05, 0.1) is 11.4 Å². The predicted molar refractivity (Wildman–Crippen MR) is 108 cm³/mol. The Kier molecular flexibility index (Phi) is 5.38. The summed E-state index contributed by atoms with van der Waals surface area (Å²) in [5, 5.41) is 7.02. The van der Waals surface area contributed by atoms with Crippen molar-refractivity contribution in [3.63, 3.8) is 0 Å². The Morgan fingerprint density at radius 1 is 1.14 bits per heavy atom. The van der Waals surface area contributed by atoms with Crippen molar-refractivity contribution in [3.05, 3.63) is 17.0 Å². The summed E-state index contributed by atoms with van der Waals surface area (Å²) >= 11 is 0. The number of carbonyl (C=O) groups is 2. The molecule has 3 aliphatic rings. The molecule has 0 radical (unpaired) electrons.